The van der Waals surface area contributed by atoms with Crippen LogP contribution in [-0.4, -0.2) is 31.5 Å². The number of thiazole rings is 1. The van der Waals surface area contributed by atoms with E-state index in [4.69, 9.17) is 0 Å². The predicted molar refractivity (Wildman–Crippen MR) is 88.5 cm³/mol. The molecule has 1 fully saturated rings. The zero-order valence-corrected chi connectivity index (χ0v) is 14.6. The molecule has 0 atom stereocenters. The number of carbonyl (C=O) groups is 2. The summed E-state index contributed by atoms with van der Waals surface area (Å²) in [6, 6.07) is 0. The Bertz CT molecular complexity index is 650. The molecule has 128 valence electrons. The average molecular weight is 359 g/mol. The molecular weight excluding hydrogens is 338 g/mol. The molecule has 0 bridgehead atoms. The Hall–Kier alpha value is -1.48. The van der Waals surface area contributed by atoms with Gasteiger partial charge in [-0.05, 0) is 18.3 Å². The molecular formula is C14H21N3O4S2. The van der Waals surface area contributed by atoms with E-state index in [0.29, 0.717) is 5.13 Å². The molecule has 1 aliphatic rings. The van der Waals surface area contributed by atoms with Crippen molar-refractivity contribution in [1.82, 2.24) is 9.71 Å². The van der Waals surface area contributed by atoms with Crippen molar-refractivity contribution < 1.29 is 18.0 Å². The number of carbonyl (C=O) groups excluding carboxylic acids is 2. The van der Waals surface area contributed by atoms with Crippen molar-refractivity contribution in [3.05, 3.63) is 11.6 Å². The van der Waals surface area contributed by atoms with Crippen molar-refractivity contribution in [2.24, 2.45) is 5.41 Å². The third-order valence-electron chi connectivity index (χ3n) is 3.96. The second-order valence-electron chi connectivity index (χ2n) is 6.10. The van der Waals surface area contributed by atoms with Gasteiger partial charge in [0, 0.05) is 24.4 Å². The number of nitrogens with zero attached hydrogens (tertiary/aromatic N) is 1. The Morgan fingerprint density at radius 3 is 2.43 bits per heavy atom. The third-order valence-corrected chi connectivity index (χ3v) is 5.25. The quantitative estimate of drug-likeness (QED) is 0.807. The summed E-state index contributed by atoms with van der Waals surface area (Å²) >= 11 is 1.33. The van der Waals surface area contributed by atoms with Crippen LogP contribution in [0, 0.1) is 5.41 Å². The van der Waals surface area contributed by atoms with E-state index in [-0.39, 0.29) is 18.7 Å². The Labute approximate surface area is 139 Å². The molecule has 0 aliphatic heterocycles. The van der Waals surface area contributed by atoms with Gasteiger partial charge in [0.1, 0.15) is 0 Å². The van der Waals surface area contributed by atoms with E-state index in [1.807, 2.05) is 4.72 Å². The maximum Gasteiger partial charge on any atom is 0.233 e. The highest BCUT2D eigenvalue weighted by Crippen LogP contribution is 2.42. The van der Waals surface area contributed by atoms with Crippen LogP contribution in [0.3, 0.4) is 0 Å². The van der Waals surface area contributed by atoms with Crippen LogP contribution in [0.2, 0.25) is 0 Å². The van der Waals surface area contributed by atoms with Gasteiger partial charge in [0.15, 0.2) is 5.13 Å². The van der Waals surface area contributed by atoms with Crippen molar-refractivity contribution in [3.63, 3.8) is 0 Å². The normalized spacial score (nSPS) is 17.4. The minimum Gasteiger partial charge on any atom is -0.302 e. The van der Waals surface area contributed by atoms with Gasteiger partial charge in [0.05, 0.1) is 6.26 Å². The minimum atomic E-state index is -3.58. The fourth-order valence-electron chi connectivity index (χ4n) is 3.09. The minimum absolute atomic E-state index is 0.0470. The standard InChI is InChI=1S/C14H21N3O4S2/c1-23(20,21)17-12(19)10-14(5-3-2-4-6-14)9-11(18)16-13-15-7-8-22-13/h7-8H,2-6,9-10H2,1H3,(H,17,19)(H,15,16,18). The molecule has 1 aromatic heterocycles. The van der Waals surface area contributed by atoms with Gasteiger partial charge >= 0.3 is 0 Å². The summed E-state index contributed by atoms with van der Waals surface area (Å²) < 4.78 is 24.4. The second kappa shape index (κ2) is 7.39. The summed E-state index contributed by atoms with van der Waals surface area (Å²) in [6.45, 7) is 0. The van der Waals surface area contributed by atoms with E-state index in [2.05, 4.69) is 10.3 Å². The van der Waals surface area contributed by atoms with Crippen molar-refractivity contribution in [2.75, 3.05) is 11.6 Å². The highest BCUT2D eigenvalue weighted by molar-refractivity contribution is 7.89. The van der Waals surface area contributed by atoms with E-state index in [1.54, 1.807) is 11.6 Å². The molecule has 1 aliphatic carbocycles. The lowest BCUT2D eigenvalue weighted by molar-refractivity contribution is -0.124. The zero-order valence-electron chi connectivity index (χ0n) is 13.0. The molecule has 2 amide bonds. The first-order chi connectivity index (χ1) is 10.8. The molecule has 7 nitrogen and oxygen atoms in total. The molecule has 1 saturated carbocycles. The predicted octanol–water partition coefficient (Wildman–Crippen LogP) is 1.89. The van der Waals surface area contributed by atoms with Crippen molar-refractivity contribution in [2.45, 2.75) is 44.9 Å². The number of rotatable bonds is 6. The largest absolute Gasteiger partial charge is 0.302 e. The summed E-state index contributed by atoms with van der Waals surface area (Å²) in [4.78, 5) is 28.3. The van der Waals surface area contributed by atoms with Gasteiger partial charge < -0.3 is 5.32 Å². The Balaban J connectivity index is 2.03. The molecule has 2 rings (SSSR count). The van der Waals surface area contributed by atoms with Gasteiger partial charge in [-0.3, -0.25) is 14.3 Å². The van der Waals surface area contributed by atoms with Gasteiger partial charge in [0.25, 0.3) is 0 Å². The average Bonchev–Trinajstić information content (AvgIpc) is 2.89. The molecule has 0 aromatic carbocycles. The molecule has 0 spiro atoms. The van der Waals surface area contributed by atoms with Gasteiger partial charge in [-0.25, -0.2) is 13.4 Å². The number of hydrogen-bond donors (Lipinski definition) is 2. The summed E-state index contributed by atoms with van der Waals surface area (Å²) in [7, 11) is -3.58. The van der Waals surface area contributed by atoms with Gasteiger partial charge in [-0.2, -0.15) is 0 Å². The van der Waals surface area contributed by atoms with Gasteiger partial charge in [-0.15, -0.1) is 11.3 Å². The lowest BCUT2D eigenvalue weighted by Gasteiger charge is -2.36. The Morgan fingerprint density at radius 1 is 1.22 bits per heavy atom. The summed E-state index contributed by atoms with van der Waals surface area (Å²) in [5, 5.41) is 5.03. The van der Waals surface area contributed by atoms with Crippen LogP contribution in [0.4, 0.5) is 5.13 Å². The first kappa shape index (κ1) is 17.9. The summed E-state index contributed by atoms with van der Waals surface area (Å²) in [5.74, 6) is -0.731. The van der Waals surface area contributed by atoms with Crippen LogP contribution in [0.5, 0.6) is 0 Å². The number of nitrogens with one attached hydrogen (secondary N) is 2. The smallest absolute Gasteiger partial charge is 0.233 e. The first-order valence-corrected chi connectivity index (χ1v) is 10.3. The van der Waals surface area contributed by atoms with Crippen molar-refractivity contribution in [1.29, 1.82) is 0 Å². The Kier molecular flexibility index (Phi) is 5.74. The molecule has 0 radical (unpaired) electrons. The van der Waals surface area contributed by atoms with E-state index < -0.39 is 21.3 Å². The molecule has 9 heteroatoms. The molecule has 23 heavy (non-hydrogen) atoms. The summed E-state index contributed by atoms with van der Waals surface area (Å²) in [6.07, 6.45) is 7.25. The Morgan fingerprint density at radius 2 is 1.87 bits per heavy atom. The highest BCUT2D eigenvalue weighted by Gasteiger charge is 2.37. The number of hydrogen-bond acceptors (Lipinski definition) is 6. The van der Waals surface area contributed by atoms with E-state index >= 15 is 0 Å². The fourth-order valence-corrected chi connectivity index (χ4v) is 4.12. The van der Waals surface area contributed by atoms with Crippen LogP contribution in [0.25, 0.3) is 0 Å². The monoisotopic (exact) mass is 359 g/mol. The van der Waals surface area contributed by atoms with Crippen LogP contribution >= 0.6 is 11.3 Å². The third kappa shape index (κ3) is 5.91. The lowest BCUT2D eigenvalue weighted by atomic mass is 9.69. The molecule has 2 N–H and O–H groups in total. The lowest BCUT2D eigenvalue weighted by Crippen LogP contribution is -2.38. The molecule has 1 aromatic rings. The van der Waals surface area contributed by atoms with Gasteiger partial charge in [-0.1, -0.05) is 19.3 Å². The van der Waals surface area contributed by atoms with Crippen LogP contribution in [0.1, 0.15) is 44.9 Å². The fraction of sp³-hybridized carbons (Fsp3) is 0.643. The van der Waals surface area contributed by atoms with E-state index in [9.17, 15) is 18.0 Å². The highest BCUT2D eigenvalue weighted by atomic mass is 32.2. The number of sulfonamides is 1. The second-order valence-corrected chi connectivity index (χ2v) is 8.74. The van der Waals surface area contributed by atoms with Crippen LogP contribution < -0.4 is 10.0 Å². The molecule has 1 heterocycles. The number of anilines is 1. The SMILES string of the molecule is CS(=O)(=O)NC(=O)CC1(CC(=O)Nc2nccs2)CCCCC1. The molecule has 0 saturated heterocycles. The van der Waals surface area contributed by atoms with Crippen LogP contribution in [0.15, 0.2) is 11.6 Å². The number of aromatic nitrogens is 1. The van der Waals surface area contributed by atoms with Crippen molar-refractivity contribution >= 4 is 38.3 Å². The van der Waals surface area contributed by atoms with Gasteiger partial charge in [0.2, 0.25) is 21.8 Å². The van der Waals surface area contributed by atoms with Crippen molar-refractivity contribution in [3.8, 4) is 0 Å². The molecule has 0 unspecified atom stereocenters. The van der Waals surface area contributed by atoms with E-state index in [1.165, 1.54) is 11.3 Å². The maximum absolute atomic E-state index is 12.3. The van der Waals surface area contributed by atoms with Crippen LogP contribution in [-0.2, 0) is 19.6 Å². The topological polar surface area (TPSA) is 105 Å². The number of amides is 2. The first-order valence-electron chi connectivity index (χ1n) is 7.48. The zero-order chi connectivity index (χ0) is 16.9. The van der Waals surface area contributed by atoms with E-state index in [0.717, 1.165) is 38.4 Å². The maximum atomic E-state index is 12.3. The summed E-state index contributed by atoms with van der Waals surface area (Å²) in [5.41, 5.74) is -0.478.